The summed E-state index contributed by atoms with van der Waals surface area (Å²) < 4.78 is 64.5. The lowest BCUT2D eigenvalue weighted by atomic mass is 9.96. The zero-order valence-electron chi connectivity index (χ0n) is 16.7. The van der Waals surface area contributed by atoms with Crippen molar-refractivity contribution >= 4 is 5.91 Å². The lowest BCUT2D eigenvalue weighted by Gasteiger charge is -2.30. The van der Waals surface area contributed by atoms with E-state index in [2.05, 4.69) is 29.8 Å². The maximum absolute atomic E-state index is 13.6. The molecule has 1 saturated heterocycles. The molecule has 0 spiro atoms. The highest BCUT2D eigenvalue weighted by Crippen LogP contribution is 2.32. The summed E-state index contributed by atoms with van der Waals surface area (Å²) in [5, 5.41) is 11.2. The molecule has 0 N–H and O–H groups in total. The standard InChI is InChI=1S/C19H17F4N5O4/c1-10-14(26-32-25-10)9-16(29)28-6-4-11(5-7-28)18-24-17(27-31-18)12-2-3-13(20)15(8-12)30-19(21,22)23/h2-3,8,11H,4-7,9H2,1H3. The minimum absolute atomic E-state index is 0.0135. The third-order valence-electron chi connectivity index (χ3n) is 5.12. The summed E-state index contributed by atoms with van der Waals surface area (Å²) in [6, 6.07) is 2.93. The van der Waals surface area contributed by atoms with Crippen LogP contribution in [-0.4, -0.2) is 50.7 Å². The van der Waals surface area contributed by atoms with E-state index in [1.807, 2.05) is 0 Å². The van der Waals surface area contributed by atoms with Crippen LogP contribution in [0.15, 0.2) is 27.4 Å². The third kappa shape index (κ3) is 4.86. The molecule has 9 nitrogen and oxygen atoms in total. The largest absolute Gasteiger partial charge is 0.573 e. The molecule has 1 fully saturated rings. The van der Waals surface area contributed by atoms with Crippen LogP contribution in [0, 0.1) is 12.7 Å². The van der Waals surface area contributed by atoms with Crippen LogP contribution in [0.25, 0.3) is 11.4 Å². The summed E-state index contributed by atoms with van der Waals surface area (Å²) in [6.07, 6.45) is -3.81. The molecule has 0 atom stereocenters. The van der Waals surface area contributed by atoms with Crippen molar-refractivity contribution in [3.63, 3.8) is 0 Å². The Bertz CT molecular complexity index is 1110. The van der Waals surface area contributed by atoms with E-state index in [-0.39, 0.29) is 29.6 Å². The van der Waals surface area contributed by atoms with Crippen molar-refractivity contribution in [3.8, 4) is 17.1 Å². The van der Waals surface area contributed by atoms with E-state index in [0.717, 1.165) is 12.1 Å². The molecule has 0 saturated carbocycles. The maximum Gasteiger partial charge on any atom is 0.573 e. The van der Waals surface area contributed by atoms with E-state index in [1.54, 1.807) is 11.8 Å². The first-order chi connectivity index (χ1) is 15.2. The molecule has 2 aromatic heterocycles. The van der Waals surface area contributed by atoms with Crippen molar-refractivity contribution in [3.05, 3.63) is 41.3 Å². The maximum atomic E-state index is 13.6. The number of amides is 1. The number of aromatic nitrogens is 4. The van der Waals surface area contributed by atoms with E-state index in [0.29, 0.717) is 43.2 Å². The second-order valence-corrected chi connectivity index (χ2v) is 7.28. The van der Waals surface area contributed by atoms with Crippen LogP contribution >= 0.6 is 0 Å². The first kappa shape index (κ1) is 21.7. The van der Waals surface area contributed by atoms with Gasteiger partial charge in [0.15, 0.2) is 11.6 Å². The van der Waals surface area contributed by atoms with Crippen molar-refractivity contribution < 1.29 is 36.2 Å². The van der Waals surface area contributed by atoms with Crippen LogP contribution in [0.2, 0.25) is 0 Å². The summed E-state index contributed by atoms with van der Waals surface area (Å²) in [5.74, 6) is -2.06. The zero-order valence-corrected chi connectivity index (χ0v) is 16.7. The summed E-state index contributed by atoms with van der Waals surface area (Å²) in [7, 11) is 0. The van der Waals surface area contributed by atoms with Crippen LogP contribution in [-0.2, 0) is 11.2 Å². The van der Waals surface area contributed by atoms with Crippen LogP contribution in [0.4, 0.5) is 17.6 Å². The number of likely N-dealkylation sites (tertiary alicyclic amines) is 1. The van der Waals surface area contributed by atoms with Gasteiger partial charge in [-0.3, -0.25) is 4.79 Å². The minimum Gasteiger partial charge on any atom is -0.403 e. The number of alkyl halides is 3. The number of ether oxygens (including phenoxy) is 1. The van der Waals surface area contributed by atoms with Crippen molar-refractivity contribution in [2.45, 2.75) is 38.5 Å². The van der Waals surface area contributed by atoms with Crippen molar-refractivity contribution in [2.75, 3.05) is 13.1 Å². The van der Waals surface area contributed by atoms with Gasteiger partial charge in [-0.1, -0.05) is 15.5 Å². The van der Waals surface area contributed by atoms with E-state index in [4.69, 9.17) is 4.52 Å². The molecular formula is C19H17F4N5O4. The van der Waals surface area contributed by atoms with E-state index in [9.17, 15) is 22.4 Å². The van der Waals surface area contributed by atoms with Crippen LogP contribution < -0.4 is 4.74 Å². The Kier molecular flexibility index (Phi) is 5.80. The molecule has 0 aliphatic carbocycles. The molecular weight excluding hydrogens is 438 g/mol. The number of halogens is 4. The fraction of sp³-hybridized carbons (Fsp3) is 0.421. The average molecular weight is 455 g/mol. The van der Waals surface area contributed by atoms with Crippen LogP contribution in [0.3, 0.4) is 0 Å². The molecule has 1 aromatic carbocycles. The van der Waals surface area contributed by atoms with Gasteiger partial charge in [-0.05, 0) is 38.0 Å². The zero-order chi connectivity index (χ0) is 22.9. The Morgan fingerprint density at radius 1 is 1.22 bits per heavy atom. The van der Waals surface area contributed by atoms with Gasteiger partial charge in [0.05, 0.1) is 6.42 Å². The second kappa shape index (κ2) is 8.55. The predicted molar refractivity (Wildman–Crippen MR) is 97.7 cm³/mol. The van der Waals surface area contributed by atoms with Gasteiger partial charge < -0.3 is 14.2 Å². The minimum atomic E-state index is -5.03. The van der Waals surface area contributed by atoms with Gasteiger partial charge in [0, 0.05) is 24.6 Å². The van der Waals surface area contributed by atoms with Gasteiger partial charge in [-0.15, -0.1) is 13.2 Å². The Balaban J connectivity index is 1.39. The molecule has 3 aromatic rings. The fourth-order valence-electron chi connectivity index (χ4n) is 3.40. The number of carbonyl (C=O) groups is 1. The normalized spacial score (nSPS) is 15.2. The summed E-state index contributed by atoms with van der Waals surface area (Å²) in [6.45, 7) is 2.63. The Morgan fingerprint density at radius 2 is 1.97 bits per heavy atom. The van der Waals surface area contributed by atoms with E-state index in [1.165, 1.54) is 6.07 Å². The quantitative estimate of drug-likeness (QED) is 0.539. The van der Waals surface area contributed by atoms with Gasteiger partial charge in [-0.25, -0.2) is 9.02 Å². The van der Waals surface area contributed by atoms with Crippen LogP contribution in [0.1, 0.15) is 36.0 Å². The summed E-state index contributed by atoms with van der Waals surface area (Å²) in [5.41, 5.74) is 1.17. The summed E-state index contributed by atoms with van der Waals surface area (Å²) in [4.78, 5) is 18.4. The molecule has 1 aliphatic heterocycles. The molecule has 170 valence electrons. The molecule has 3 heterocycles. The molecule has 4 rings (SSSR count). The lowest BCUT2D eigenvalue weighted by molar-refractivity contribution is -0.275. The third-order valence-corrected chi connectivity index (χ3v) is 5.12. The van der Waals surface area contributed by atoms with Gasteiger partial charge in [-0.2, -0.15) is 4.98 Å². The van der Waals surface area contributed by atoms with E-state index < -0.39 is 17.9 Å². The fourth-order valence-corrected chi connectivity index (χ4v) is 3.40. The Labute approximate surface area is 178 Å². The molecule has 0 unspecified atom stereocenters. The highest BCUT2D eigenvalue weighted by atomic mass is 19.4. The molecule has 1 amide bonds. The number of nitrogens with zero attached hydrogens (tertiary/aromatic N) is 5. The molecule has 13 heteroatoms. The highest BCUT2D eigenvalue weighted by molar-refractivity contribution is 5.78. The van der Waals surface area contributed by atoms with Crippen LogP contribution in [0.5, 0.6) is 5.75 Å². The first-order valence-electron chi connectivity index (χ1n) is 9.64. The van der Waals surface area contributed by atoms with Crippen molar-refractivity contribution in [2.24, 2.45) is 0 Å². The highest BCUT2D eigenvalue weighted by Gasteiger charge is 2.33. The van der Waals surface area contributed by atoms with Gasteiger partial charge in [0.2, 0.25) is 17.6 Å². The summed E-state index contributed by atoms with van der Waals surface area (Å²) >= 11 is 0. The first-order valence-corrected chi connectivity index (χ1v) is 9.64. The number of aryl methyl sites for hydroxylation is 1. The SMILES string of the molecule is Cc1nonc1CC(=O)N1CCC(c2nc(-c3ccc(F)c(OC(F)(F)F)c3)no2)CC1. The van der Waals surface area contributed by atoms with Gasteiger partial charge in [0.1, 0.15) is 11.4 Å². The average Bonchev–Trinajstić information content (AvgIpc) is 3.38. The smallest absolute Gasteiger partial charge is 0.403 e. The monoisotopic (exact) mass is 455 g/mol. The van der Waals surface area contributed by atoms with Crippen molar-refractivity contribution in [1.82, 2.24) is 25.4 Å². The van der Waals surface area contributed by atoms with Gasteiger partial charge >= 0.3 is 6.36 Å². The molecule has 0 radical (unpaired) electrons. The Morgan fingerprint density at radius 3 is 2.62 bits per heavy atom. The van der Waals surface area contributed by atoms with Gasteiger partial charge in [0.25, 0.3) is 0 Å². The Hall–Kier alpha value is -3.51. The second-order valence-electron chi connectivity index (χ2n) is 7.28. The number of rotatable bonds is 5. The lowest BCUT2D eigenvalue weighted by Crippen LogP contribution is -2.39. The molecule has 32 heavy (non-hydrogen) atoms. The number of hydrogen-bond acceptors (Lipinski definition) is 8. The number of piperidine rings is 1. The number of hydrogen-bond donors (Lipinski definition) is 0. The molecule has 1 aliphatic rings. The van der Waals surface area contributed by atoms with Crippen molar-refractivity contribution in [1.29, 1.82) is 0 Å². The topological polar surface area (TPSA) is 107 Å². The predicted octanol–water partition coefficient (Wildman–Crippen LogP) is 3.41. The molecule has 0 bridgehead atoms. The number of carbonyl (C=O) groups excluding carboxylic acids is 1. The number of benzene rings is 1. The van der Waals surface area contributed by atoms with E-state index >= 15 is 0 Å².